The van der Waals surface area contributed by atoms with E-state index >= 15 is 0 Å². The highest BCUT2D eigenvalue weighted by molar-refractivity contribution is 5.49. The van der Waals surface area contributed by atoms with Crippen molar-refractivity contribution in [1.82, 2.24) is 0 Å². The van der Waals surface area contributed by atoms with Crippen molar-refractivity contribution >= 4 is 0 Å². The molecule has 0 N–H and O–H groups in total. The van der Waals surface area contributed by atoms with Crippen molar-refractivity contribution in [2.45, 2.75) is 0 Å². The average Bonchev–Trinajstić information content (AvgIpc) is 2.53. The number of para-hydroxylation sites is 2. The van der Waals surface area contributed by atoms with Crippen molar-refractivity contribution < 1.29 is 9.47 Å². The minimum Gasteiger partial charge on any atom is -0.457 e. The largest absolute Gasteiger partial charge is 0.457 e. The topological polar surface area (TPSA) is 18.5 Å². The van der Waals surface area contributed by atoms with Gasteiger partial charge in [0.25, 0.3) is 0 Å². The summed E-state index contributed by atoms with van der Waals surface area (Å²) in [6, 6.07) is 24.9. The molecule has 0 heterocycles. The van der Waals surface area contributed by atoms with Crippen LogP contribution in [0.3, 0.4) is 0 Å². The molecule has 0 saturated heterocycles. The van der Waals surface area contributed by atoms with Crippen LogP contribution in [0, 0.1) is 6.92 Å². The highest BCUT2D eigenvalue weighted by Gasteiger charge is 2.08. The van der Waals surface area contributed by atoms with Crippen LogP contribution in [0.1, 0.15) is 5.56 Å². The molecule has 21 heavy (non-hydrogen) atoms. The Morgan fingerprint density at radius 1 is 0.524 bits per heavy atom. The molecule has 0 aromatic heterocycles. The first-order valence-corrected chi connectivity index (χ1v) is 6.74. The van der Waals surface area contributed by atoms with E-state index < -0.39 is 0 Å². The lowest BCUT2D eigenvalue weighted by Crippen LogP contribution is -1.91. The predicted molar refractivity (Wildman–Crippen MR) is 83.9 cm³/mol. The van der Waals surface area contributed by atoms with Gasteiger partial charge in [0.05, 0.1) is 0 Å². The van der Waals surface area contributed by atoms with E-state index in [-0.39, 0.29) is 0 Å². The van der Waals surface area contributed by atoms with Crippen LogP contribution in [0.25, 0.3) is 0 Å². The monoisotopic (exact) mass is 275 g/mol. The van der Waals surface area contributed by atoms with Gasteiger partial charge in [0.1, 0.15) is 23.0 Å². The summed E-state index contributed by atoms with van der Waals surface area (Å²) < 4.78 is 11.7. The zero-order valence-corrected chi connectivity index (χ0v) is 11.5. The third kappa shape index (κ3) is 3.23. The van der Waals surface area contributed by atoms with Crippen LogP contribution in [0.4, 0.5) is 0 Å². The Balaban J connectivity index is 1.85. The van der Waals surface area contributed by atoms with E-state index in [1.165, 1.54) is 0 Å². The lowest BCUT2D eigenvalue weighted by molar-refractivity contribution is 0.456. The van der Waals surface area contributed by atoms with Gasteiger partial charge in [0.2, 0.25) is 0 Å². The third-order valence-electron chi connectivity index (χ3n) is 3.03. The molecule has 3 aromatic carbocycles. The molecule has 0 aliphatic carbocycles. The normalized spacial score (nSPS) is 10.1. The molecular formula is C19H15O2. The first-order valence-electron chi connectivity index (χ1n) is 6.74. The fourth-order valence-corrected chi connectivity index (χ4v) is 1.97. The average molecular weight is 275 g/mol. The van der Waals surface area contributed by atoms with E-state index in [0.29, 0.717) is 11.5 Å². The number of rotatable bonds is 4. The van der Waals surface area contributed by atoms with Crippen LogP contribution in [0.2, 0.25) is 0 Å². The standard InChI is InChI=1S/C19H15O2/c1-15-18(20-16-9-4-2-5-10-16)13-8-14-19(15)21-17-11-6-3-7-12-17/h2-14H,1H2. The Morgan fingerprint density at radius 3 is 1.38 bits per heavy atom. The quantitative estimate of drug-likeness (QED) is 0.630. The van der Waals surface area contributed by atoms with Gasteiger partial charge in [-0.05, 0) is 43.3 Å². The fourth-order valence-electron chi connectivity index (χ4n) is 1.97. The smallest absolute Gasteiger partial charge is 0.134 e. The number of hydrogen-bond acceptors (Lipinski definition) is 2. The van der Waals surface area contributed by atoms with E-state index in [1.807, 2.05) is 78.9 Å². The molecule has 0 unspecified atom stereocenters. The van der Waals surface area contributed by atoms with Crippen LogP contribution in [0.5, 0.6) is 23.0 Å². The zero-order valence-electron chi connectivity index (χ0n) is 11.5. The third-order valence-corrected chi connectivity index (χ3v) is 3.03. The molecule has 2 heteroatoms. The van der Waals surface area contributed by atoms with Crippen LogP contribution < -0.4 is 9.47 Å². The van der Waals surface area contributed by atoms with Gasteiger partial charge in [-0.3, -0.25) is 0 Å². The summed E-state index contributed by atoms with van der Waals surface area (Å²) in [5, 5.41) is 0. The molecule has 0 fully saturated rings. The molecule has 103 valence electrons. The zero-order chi connectivity index (χ0) is 14.5. The summed E-state index contributed by atoms with van der Waals surface area (Å²) in [6.45, 7) is 4.06. The second kappa shape index (κ2) is 6.14. The Labute approximate surface area is 124 Å². The Kier molecular flexibility index (Phi) is 3.88. The minimum absolute atomic E-state index is 0.689. The highest BCUT2D eigenvalue weighted by atomic mass is 16.5. The van der Waals surface area contributed by atoms with E-state index in [4.69, 9.17) is 9.47 Å². The highest BCUT2D eigenvalue weighted by Crippen LogP contribution is 2.33. The van der Waals surface area contributed by atoms with Crippen LogP contribution in [-0.2, 0) is 0 Å². The van der Waals surface area contributed by atoms with Crippen molar-refractivity contribution in [2.24, 2.45) is 0 Å². The van der Waals surface area contributed by atoms with Gasteiger partial charge in [-0.2, -0.15) is 0 Å². The van der Waals surface area contributed by atoms with Crippen molar-refractivity contribution in [3.05, 3.63) is 91.3 Å². The maximum atomic E-state index is 5.84. The van der Waals surface area contributed by atoms with Crippen molar-refractivity contribution in [1.29, 1.82) is 0 Å². The second-order valence-electron chi connectivity index (χ2n) is 4.56. The van der Waals surface area contributed by atoms with Gasteiger partial charge >= 0.3 is 0 Å². The van der Waals surface area contributed by atoms with Gasteiger partial charge < -0.3 is 9.47 Å². The van der Waals surface area contributed by atoms with Crippen LogP contribution in [-0.4, -0.2) is 0 Å². The van der Waals surface area contributed by atoms with Gasteiger partial charge in [0, 0.05) is 5.56 Å². The van der Waals surface area contributed by atoms with Crippen molar-refractivity contribution in [3.63, 3.8) is 0 Å². The van der Waals surface area contributed by atoms with Gasteiger partial charge in [0.15, 0.2) is 0 Å². The summed E-state index contributed by atoms with van der Waals surface area (Å²) in [6.07, 6.45) is 0. The lowest BCUT2D eigenvalue weighted by Gasteiger charge is -2.13. The van der Waals surface area contributed by atoms with Crippen LogP contribution >= 0.6 is 0 Å². The fraction of sp³-hybridized carbons (Fsp3) is 0. The second-order valence-corrected chi connectivity index (χ2v) is 4.56. The number of benzene rings is 3. The van der Waals surface area contributed by atoms with Gasteiger partial charge in [-0.25, -0.2) is 0 Å². The molecule has 0 saturated carbocycles. The van der Waals surface area contributed by atoms with E-state index in [0.717, 1.165) is 17.1 Å². The predicted octanol–water partition coefficient (Wildman–Crippen LogP) is 5.45. The molecular weight excluding hydrogens is 260 g/mol. The van der Waals surface area contributed by atoms with Crippen molar-refractivity contribution in [2.75, 3.05) is 0 Å². The summed E-state index contributed by atoms with van der Waals surface area (Å²) in [4.78, 5) is 0. The SMILES string of the molecule is [CH2]c1c(Oc2ccccc2)cccc1Oc1ccccc1. The summed E-state index contributed by atoms with van der Waals surface area (Å²) in [5.74, 6) is 2.93. The molecule has 1 radical (unpaired) electrons. The Bertz CT molecular complexity index is 646. The van der Waals surface area contributed by atoms with Crippen LogP contribution in [0.15, 0.2) is 78.9 Å². The maximum Gasteiger partial charge on any atom is 0.134 e. The van der Waals surface area contributed by atoms with Gasteiger partial charge in [-0.15, -0.1) is 0 Å². The molecule has 0 aliphatic heterocycles. The molecule has 0 amide bonds. The molecule has 0 atom stereocenters. The number of ether oxygens (including phenoxy) is 2. The summed E-state index contributed by atoms with van der Waals surface area (Å²) >= 11 is 0. The van der Waals surface area contributed by atoms with Crippen molar-refractivity contribution in [3.8, 4) is 23.0 Å². The Morgan fingerprint density at radius 2 is 0.952 bits per heavy atom. The molecule has 3 aromatic rings. The molecule has 0 bridgehead atoms. The van der Waals surface area contributed by atoms with Gasteiger partial charge in [-0.1, -0.05) is 42.5 Å². The van der Waals surface area contributed by atoms with E-state index in [1.54, 1.807) is 0 Å². The lowest BCUT2D eigenvalue weighted by atomic mass is 10.2. The Hall–Kier alpha value is -2.74. The number of hydrogen-bond donors (Lipinski definition) is 0. The summed E-state index contributed by atoms with van der Waals surface area (Å²) in [5.41, 5.74) is 0.727. The first kappa shape index (κ1) is 13.3. The minimum atomic E-state index is 0.689. The first-order chi connectivity index (χ1) is 10.3. The van der Waals surface area contributed by atoms with E-state index in [2.05, 4.69) is 6.92 Å². The molecule has 0 spiro atoms. The maximum absolute atomic E-state index is 5.84. The molecule has 2 nitrogen and oxygen atoms in total. The molecule has 3 rings (SSSR count). The summed E-state index contributed by atoms with van der Waals surface area (Å²) in [7, 11) is 0. The molecule has 0 aliphatic rings. The van der Waals surface area contributed by atoms with E-state index in [9.17, 15) is 0 Å².